The molecule has 0 saturated carbocycles. The number of hydrogen-bond acceptors (Lipinski definition) is 5. The number of rotatable bonds is 7. The second-order valence-electron chi connectivity index (χ2n) is 7.33. The Bertz CT molecular complexity index is 869. The SMILES string of the molecule is O=CC1C=COc2cc(OCCCC3CNCCN3c3ccc(F)cc3)ccc21. The predicted octanol–water partition coefficient (Wildman–Crippen LogP) is 3.65. The van der Waals surface area contributed by atoms with Gasteiger partial charge in [-0.2, -0.15) is 0 Å². The molecule has 4 rings (SSSR count). The molecule has 0 amide bonds. The first kappa shape index (κ1) is 19.5. The summed E-state index contributed by atoms with van der Waals surface area (Å²) in [7, 11) is 0. The maximum atomic E-state index is 13.2. The number of halogens is 1. The lowest BCUT2D eigenvalue weighted by Crippen LogP contribution is -2.51. The molecule has 6 heteroatoms. The van der Waals surface area contributed by atoms with Gasteiger partial charge in [-0.3, -0.25) is 0 Å². The number of allylic oxidation sites excluding steroid dienone is 1. The monoisotopic (exact) mass is 396 g/mol. The van der Waals surface area contributed by atoms with E-state index in [0.717, 1.165) is 55.8 Å². The highest BCUT2D eigenvalue weighted by atomic mass is 19.1. The van der Waals surface area contributed by atoms with Crippen molar-refractivity contribution < 1.29 is 18.7 Å². The van der Waals surface area contributed by atoms with Gasteiger partial charge in [0.25, 0.3) is 0 Å². The number of ether oxygens (including phenoxy) is 2. The lowest BCUT2D eigenvalue weighted by molar-refractivity contribution is -0.108. The minimum atomic E-state index is -0.260. The normalized spacial score (nSPS) is 20.7. The minimum absolute atomic E-state index is 0.210. The van der Waals surface area contributed by atoms with Crippen LogP contribution in [0.15, 0.2) is 54.8 Å². The third-order valence-corrected chi connectivity index (χ3v) is 5.43. The van der Waals surface area contributed by atoms with Crippen LogP contribution in [-0.4, -0.2) is 38.6 Å². The molecule has 0 radical (unpaired) electrons. The second-order valence-corrected chi connectivity index (χ2v) is 7.33. The molecule has 2 aromatic rings. The Morgan fingerprint density at radius 3 is 2.93 bits per heavy atom. The maximum absolute atomic E-state index is 13.2. The van der Waals surface area contributed by atoms with Crippen LogP contribution in [-0.2, 0) is 4.79 Å². The van der Waals surface area contributed by atoms with Gasteiger partial charge in [-0.25, -0.2) is 4.39 Å². The van der Waals surface area contributed by atoms with Gasteiger partial charge in [0.2, 0.25) is 0 Å². The standard InChI is InChI=1S/C23H25FN2O3/c24-18-3-5-19(6-4-18)26-11-10-25-15-20(26)2-1-12-28-21-7-8-22-17(16-27)9-13-29-23(22)14-21/h3-9,13-14,16-17,20,25H,1-2,10-12,15H2. The summed E-state index contributed by atoms with van der Waals surface area (Å²) in [5.74, 6) is 0.934. The molecule has 1 saturated heterocycles. The number of benzene rings is 2. The van der Waals surface area contributed by atoms with E-state index < -0.39 is 0 Å². The van der Waals surface area contributed by atoms with Gasteiger partial charge < -0.3 is 24.5 Å². The zero-order chi connectivity index (χ0) is 20.1. The molecule has 1 fully saturated rings. The first-order chi connectivity index (χ1) is 14.2. The van der Waals surface area contributed by atoms with Crippen LogP contribution in [0.4, 0.5) is 10.1 Å². The molecule has 5 nitrogen and oxygen atoms in total. The van der Waals surface area contributed by atoms with Gasteiger partial charge in [0, 0.05) is 43.0 Å². The Morgan fingerprint density at radius 1 is 1.24 bits per heavy atom. The Labute approximate surface area is 170 Å². The van der Waals surface area contributed by atoms with Crippen LogP contribution in [0, 0.1) is 5.82 Å². The van der Waals surface area contributed by atoms with Crippen LogP contribution < -0.4 is 19.7 Å². The van der Waals surface area contributed by atoms with Crippen molar-refractivity contribution in [2.24, 2.45) is 0 Å². The van der Waals surface area contributed by atoms with Crippen molar-refractivity contribution in [1.29, 1.82) is 0 Å². The molecular formula is C23H25FN2O3. The number of aldehydes is 1. The zero-order valence-electron chi connectivity index (χ0n) is 16.2. The molecule has 0 aliphatic carbocycles. The Kier molecular flexibility index (Phi) is 6.10. The van der Waals surface area contributed by atoms with E-state index in [-0.39, 0.29) is 11.7 Å². The smallest absolute Gasteiger partial charge is 0.134 e. The molecule has 0 aromatic heterocycles. The maximum Gasteiger partial charge on any atom is 0.134 e. The largest absolute Gasteiger partial charge is 0.493 e. The zero-order valence-corrected chi connectivity index (χ0v) is 16.2. The lowest BCUT2D eigenvalue weighted by atomic mass is 9.98. The average Bonchev–Trinajstić information content (AvgIpc) is 2.77. The van der Waals surface area contributed by atoms with Gasteiger partial charge in [-0.05, 0) is 49.2 Å². The Balaban J connectivity index is 1.30. The van der Waals surface area contributed by atoms with E-state index in [4.69, 9.17) is 9.47 Å². The predicted molar refractivity (Wildman–Crippen MR) is 110 cm³/mol. The van der Waals surface area contributed by atoms with Crippen LogP contribution in [0.2, 0.25) is 0 Å². The fraction of sp³-hybridized carbons (Fsp3) is 0.348. The number of hydrogen-bond donors (Lipinski definition) is 1. The van der Waals surface area contributed by atoms with Crippen molar-refractivity contribution >= 4 is 12.0 Å². The third-order valence-electron chi connectivity index (χ3n) is 5.43. The molecule has 29 heavy (non-hydrogen) atoms. The van der Waals surface area contributed by atoms with Gasteiger partial charge in [-0.15, -0.1) is 0 Å². The van der Waals surface area contributed by atoms with E-state index in [1.54, 1.807) is 12.3 Å². The Hall–Kier alpha value is -2.86. The number of fused-ring (bicyclic) bond motifs is 1. The first-order valence-corrected chi connectivity index (χ1v) is 10.0. The van der Waals surface area contributed by atoms with Gasteiger partial charge in [-0.1, -0.05) is 6.07 Å². The third kappa shape index (κ3) is 4.59. The van der Waals surface area contributed by atoms with Crippen molar-refractivity contribution in [1.82, 2.24) is 5.32 Å². The number of anilines is 1. The van der Waals surface area contributed by atoms with Gasteiger partial charge in [0.05, 0.1) is 18.8 Å². The minimum Gasteiger partial charge on any atom is -0.493 e. The summed E-state index contributed by atoms with van der Waals surface area (Å²) in [6, 6.07) is 12.7. The molecule has 0 spiro atoms. The molecular weight excluding hydrogens is 371 g/mol. The number of nitrogens with one attached hydrogen (secondary N) is 1. The van der Waals surface area contributed by atoms with Crippen LogP contribution in [0.3, 0.4) is 0 Å². The summed E-state index contributed by atoms with van der Waals surface area (Å²) < 4.78 is 24.6. The fourth-order valence-corrected chi connectivity index (χ4v) is 3.90. The topological polar surface area (TPSA) is 50.8 Å². The van der Waals surface area contributed by atoms with E-state index in [0.29, 0.717) is 18.4 Å². The summed E-state index contributed by atoms with van der Waals surface area (Å²) in [6.45, 7) is 3.34. The second kappa shape index (κ2) is 9.09. The highest BCUT2D eigenvalue weighted by Gasteiger charge is 2.22. The van der Waals surface area contributed by atoms with Gasteiger partial charge in [0.1, 0.15) is 23.6 Å². The molecule has 2 aliphatic heterocycles. The van der Waals surface area contributed by atoms with Crippen molar-refractivity contribution in [2.75, 3.05) is 31.1 Å². The quantitative estimate of drug-likeness (QED) is 0.572. The van der Waals surface area contributed by atoms with E-state index in [1.165, 1.54) is 12.1 Å². The molecule has 2 aromatic carbocycles. The van der Waals surface area contributed by atoms with Crippen molar-refractivity contribution in [3.05, 3.63) is 66.2 Å². The number of carbonyl (C=O) groups is 1. The Morgan fingerprint density at radius 2 is 2.10 bits per heavy atom. The van der Waals surface area contributed by atoms with Crippen molar-refractivity contribution in [3.8, 4) is 11.5 Å². The van der Waals surface area contributed by atoms with Crippen molar-refractivity contribution in [3.63, 3.8) is 0 Å². The van der Waals surface area contributed by atoms with Gasteiger partial charge in [0.15, 0.2) is 0 Å². The number of nitrogens with zero attached hydrogens (tertiary/aromatic N) is 1. The average molecular weight is 396 g/mol. The summed E-state index contributed by atoms with van der Waals surface area (Å²) in [4.78, 5) is 13.5. The lowest BCUT2D eigenvalue weighted by Gasteiger charge is -2.38. The number of piperazine rings is 1. The van der Waals surface area contributed by atoms with Crippen LogP contribution in [0.5, 0.6) is 11.5 Å². The summed E-state index contributed by atoms with van der Waals surface area (Å²) in [5.41, 5.74) is 1.92. The molecule has 2 aliphatic rings. The summed E-state index contributed by atoms with van der Waals surface area (Å²) >= 11 is 0. The van der Waals surface area contributed by atoms with Crippen LogP contribution in [0.25, 0.3) is 0 Å². The van der Waals surface area contributed by atoms with Crippen molar-refractivity contribution in [2.45, 2.75) is 24.8 Å². The molecule has 1 N–H and O–H groups in total. The van der Waals surface area contributed by atoms with E-state index >= 15 is 0 Å². The molecule has 0 bridgehead atoms. The highest BCUT2D eigenvalue weighted by molar-refractivity contribution is 5.69. The molecule has 2 atom stereocenters. The fourth-order valence-electron chi connectivity index (χ4n) is 3.90. The molecule has 152 valence electrons. The summed E-state index contributed by atoms with van der Waals surface area (Å²) in [5, 5.41) is 3.44. The molecule has 2 unspecified atom stereocenters. The first-order valence-electron chi connectivity index (χ1n) is 10.0. The van der Waals surface area contributed by atoms with Crippen LogP contribution >= 0.6 is 0 Å². The van der Waals surface area contributed by atoms with Crippen LogP contribution in [0.1, 0.15) is 24.3 Å². The summed E-state index contributed by atoms with van der Waals surface area (Å²) in [6.07, 6.45) is 6.07. The molecule has 2 heterocycles. The van der Waals surface area contributed by atoms with E-state index in [1.807, 2.05) is 30.3 Å². The van der Waals surface area contributed by atoms with E-state index in [2.05, 4.69) is 10.2 Å². The number of carbonyl (C=O) groups excluding carboxylic acids is 1. The van der Waals surface area contributed by atoms with E-state index in [9.17, 15) is 9.18 Å². The van der Waals surface area contributed by atoms with Gasteiger partial charge >= 0.3 is 0 Å². The highest BCUT2D eigenvalue weighted by Crippen LogP contribution is 2.33.